The number of nitrogens with zero attached hydrogens (tertiary/aromatic N) is 3. The lowest BCUT2D eigenvalue weighted by Gasteiger charge is -2.26. The molecule has 4 rings (SSSR count). The predicted octanol–water partition coefficient (Wildman–Crippen LogP) is 3.04. The van der Waals surface area contributed by atoms with E-state index in [0.717, 1.165) is 17.0 Å². The van der Waals surface area contributed by atoms with Crippen LogP contribution in [0.4, 0.5) is 13.2 Å². The third-order valence-corrected chi connectivity index (χ3v) is 4.98. The quantitative estimate of drug-likeness (QED) is 0.714. The molecule has 2 aliphatic rings. The molecule has 2 aliphatic heterocycles. The summed E-state index contributed by atoms with van der Waals surface area (Å²) in [5, 5.41) is 12.2. The third kappa shape index (κ3) is 3.44. The van der Waals surface area contributed by atoms with Crippen molar-refractivity contribution in [2.24, 2.45) is 0 Å². The number of pyridine rings is 1. The number of fused-ring (bicyclic) bond motifs is 1. The fraction of sp³-hybridized carbons (Fsp3) is 0.250. The molecule has 0 saturated heterocycles. The van der Waals surface area contributed by atoms with Crippen LogP contribution in [0, 0.1) is 13.8 Å². The number of amides is 1. The minimum absolute atomic E-state index is 0.0470. The number of carbonyl (C=O) groups excluding carboxylic acids is 1. The molecule has 0 fully saturated rings. The molecule has 0 spiro atoms. The second kappa shape index (κ2) is 7.36. The van der Waals surface area contributed by atoms with Crippen LogP contribution in [0.3, 0.4) is 0 Å². The minimum atomic E-state index is -4.70. The zero-order valence-corrected chi connectivity index (χ0v) is 16.2. The van der Waals surface area contributed by atoms with E-state index < -0.39 is 24.3 Å². The van der Waals surface area contributed by atoms with Gasteiger partial charge in [-0.25, -0.2) is 0 Å². The molecule has 0 bridgehead atoms. The molecule has 4 heterocycles. The maximum absolute atomic E-state index is 13.7. The van der Waals surface area contributed by atoms with Gasteiger partial charge in [-0.1, -0.05) is 12.1 Å². The monoisotopic (exact) mass is 416 g/mol. The molecule has 2 aromatic rings. The first kappa shape index (κ1) is 19.7. The molecule has 30 heavy (non-hydrogen) atoms. The molecule has 3 N–H and O–H groups in total. The largest absolute Gasteiger partial charge is 0.414 e. The Balaban J connectivity index is 1.66. The Hall–Kier alpha value is -3.56. The van der Waals surface area contributed by atoms with Crippen molar-refractivity contribution in [3.63, 3.8) is 0 Å². The van der Waals surface area contributed by atoms with Crippen molar-refractivity contribution >= 4 is 5.91 Å². The second-order valence-electron chi connectivity index (χ2n) is 6.97. The molecule has 0 aliphatic carbocycles. The number of hydrogen-bond donors (Lipinski definition) is 3. The number of aryl methyl sites for hydroxylation is 2. The summed E-state index contributed by atoms with van der Waals surface area (Å²) >= 11 is 0. The van der Waals surface area contributed by atoms with Crippen LogP contribution in [0.15, 0.2) is 60.2 Å². The van der Waals surface area contributed by atoms with Crippen molar-refractivity contribution in [2.75, 3.05) is 0 Å². The Morgan fingerprint density at radius 1 is 1.27 bits per heavy atom. The van der Waals surface area contributed by atoms with Crippen LogP contribution >= 0.6 is 0 Å². The van der Waals surface area contributed by atoms with Gasteiger partial charge >= 0.3 is 6.18 Å². The number of carbonyl (C=O) groups is 1. The molecule has 156 valence electrons. The van der Waals surface area contributed by atoms with E-state index in [1.807, 2.05) is 13.8 Å². The SMILES string of the molecule is Cc1n[nH]c(C)c1C1NC(C(=O)NC(c2ccccn2)C(F)(F)F)=C2C=CC=CN21. The van der Waals surface area contributed by atoms with E-state index in [0.29, 0.717) is 5.70 Å². The summed E-state index contributed by atoms with van der Waals surface area (Å²) in [6, 6.07) is 1.96. The average Bonchev–Trinajstić information content (AvgIpc) is 3.25. The number of hydrogen-bond acceptors (Lipinski definition) is 5. The summed E-state index contributed by atoms with van der Waals surface area (Å²) in [7, 11) is 0. The van der Waals surface area contributed by atoms with Gasteiger partial charge in [0.1, 0.15) is 11.9 Å². The number of nitrogens with one attached hydrogen (secondary N) is 3. The lowest BCUT2D eigenvalue weighted by Crippen LogP contribution is -2.41. The standard InChI is InChI=1S/C20H19F3N6O/c1-11-15(12(2)28-27-11)18-25-16(14-8-4-6-10-29(14)18)19(30)26-17(20(21,22)23)13-7-3-5-9-24-13/h3-10,17-18,25H,1-2H3,(H,26,30)(H,27,28). The molecule has 7 nitrogen and oxygen atoms in total. The summed E-state index contributed by atoms with van der Waals surface area (Å²) in [5.41, 5.74) is 2.60. The highest BCUT2D eigenvalue weighted by Crippen LogP contribution is 2.37. The zero-order chi connectivity index (χ0) is 21.5. The first-order chi connectivity index (χ1) is 14.3. The zero-order valence-electron chi connectivity index (χ0n) is 16.2. The highest BCUT2D eigenvalue weighted by Gasteiger charge is 2.44. The third-order valence-electron chi connectivity index (χ3n) is 4.98. The van der Waals surface area contributed by atoms with Gasteiger partial charge in [-0.3, -0.25) is 14.9 Å². The van der Waals surface area contributed by atoms with Crippen LogP contribution in [-0.4, -0.2) is 32.2 Å². The van der Waals surface area contributed by atoms with Crippen LogP contribution in [-0.2, 0) is 4.79 Å². The molecule has 0 aromatic carbocycles. The molecule has 0 saturated carbocycles. The van der Waals surface area contributed by atoms with E-state index in [1.165, 1.54) is 24.4 Å². The van der Waals surface area contributed by atoms with Crippen molar-refractivity contribution in [3.8, 4) is 0 Å². The summed E-state index contributed by atoms with van der Waals surface area (Å²) in [6.07, 6.45) is 3.03. The lowest BCUT2D eigenvalue weighted by molar-refractivity contribution is -0.163. The van der Waals surface area contributed by atoms with Gasteiger partial charge in [0.05, 0.1) is 17.1 Å². The molecule has 2 aromatic heterocycles. The fourth-order valence-electron chi connectivity index (χ4n) is 3.60. The van der Waals surface area contributed by atoms with Gasteiger partial charge in [-0.2, -0.15) is 18.3 Å². The average molecular weight is 416 g/mol. The number of aromatic amines is 1. The van der Waals surface area contributed by atoms with E-state index in [9.17, 15) is 18.0 Å². The second-order valence-corrected chi connectivity index (χ2v) is 6.97. The number of alkyl halides is 3. The van der Waals surface area contributed by atoms with Crippen LogP contribution in [0.2, 0.25) is 0 Å². The van der Waals surface area contributed by atoms with Crippen LogP contribution < -0.4 is 10.6 Å². The van der Waals surface area contributed by atoms with Crippen molar-refractivity contribution in [3.05, 3.63) is 82.9 Å². The predicted molar refractivity (Wildman–Crippen MR) is 102 cm³/mol. The molecular weight excluding hydrogens is 397 g/mol. The molecule has 0 radical (unpaired) electrons. The highest BCUT2D eigenvalue weighted by atomic mass is 19.4. The van der Waals surface area contributed by atoms with E-state index in [1.54, 1.807) is 29.3 Å². The topological polar surface area (TPSA) is 85.9 Å². The van der Waals surface area contributed by atoms with Crippen LogP contribution in [0.5, 0.6) is 0 Å². The Morgan fingerprint density at radius 3 is 2.70 bits per heavy atom. The molecular formula is C20H19F3N6O. The number of aromatic nitrogens is 3. The van der Waals surface area contributed by atoms with E-state index in [4.69, 9.17) is 0 Å². The van der Waals surface area contributed by atoms with Gasteiger partial charge in [0, 0.05) is 23.7 Å². The molecule has 2 unspecified atom stereocenters. The van der Waals surface area contributed by atoms with Crippen LogP contribution in [0.1, 0.15) is 34.9 Å². The lowest BCUT2D eigenvalue weighted by atomic mass is 10.1. The van der Waals surface area contributed by atoms with Crippen molar-refractivity contribution in [2.45, 2.75) is 32.2 Å². The van der Waals surface area contributed by atoms with Crippen LogP contribution in [0.25, 0.3) is 0 Å². The number of H-pyrrole nitrogens is 1. The fourth-order valence-corrected chi connectivity index (χ4v) is 3.60. The normalized spacial score (nSPS) is 19.0. The smallest absolute Gasteiger partial charge is 0.355 e. The number of allylic oxidation sites excluding steroid dienone is 3. The highest BCUT2D eigenvalue weighted by molar-refractivity contribution is 5.95. The summed E-state index contributed by atoms with van der Waals surface area (Å²) in [5.74, 6) is -0.871. The van der Waals surface area contributed by atoms with E-state index in [2.05, 4.69) is 25.8 Å². The van der Waals surface area contributed by atoms with Gasteiger partial charge < -0.3 is 15.5 Å². The molecule has 2 atom stereocenters. The Kier molecular flexibility index (Phi) is 4.84. The molecule has 1 amide bonds. The Labute approximate surface area is 170 Å². The summed E-state index contributed by atoms with van der Waals surface area (Å²) in [6.45, 7) is 3.67. The van der Waals surface area contributed by atoms with Gasteiger partial charge in [-0.15, -0.1) is 0 Å². The van der Waals surface area contributed by atoms with Gasteiger partial charge in [0.2, 0.25) is 0 Å². The minimum Gasteiger partial charge on any atom is -0.355 e. The van der Waals surface area contributed by atoms with Crippen molar-refractivity contribution in [1.82, 2.24) is 30.7 Å². The Morgan fingerprint density at radius 2 is 2.07 bits per heavy atom. The summed E-state index contributed by atoms with van der Waals surface area (Å²) < 4.78 is 41.0. The Bertz CT molecular complexity index is 1030. The van der Waals surface area contributed by atoms with Gasteiger partial charge in [0.15, 0.2) is 6.04 Å². The summed E-state index contributed by atoms with van der Waals surface area (Å²) in [4.78, 5) is 18.5. The number of rotatable bonds is 4. The maximum Gasteiger partial charge on any atom is 0.414 e. The first-order valence-electron chi connectivity index (χ1n) is 9.21. The van der Waals surface area contributed by atoms with E-state index >= 15 is 0 Å². The van der Waals surface area contributed by atoms with Gasteiger partial charge in [0.25, 0.3) is 5.91 Å². The maximum atomic E-state index is 13.7. The number of halogens is 3. The van der Waals surface area contributed by atoms with E-state index in [-0.39, 0.29) is 11.4 Å². The molecule has 10 heteroatoms. The first-order valence-corrected chi connectivity index (χ1v) is 9.21. The van der Waals surface area contributed by atoms with Crippen molar-refractivity contribution in [1.29, 1.82) is 0 Å². The van der Waals surface area contributed by atoms with Crippen molar-refractivity contribution < 1.29 is 18.0 Å². The van der Waals surface area contributed by atoms with Gasteiger partial charge in [-0.05, 0) is 38.1 Å².